The van der Waals surface area contributed by atoms with Crippen molar-refractivity contribution in [2.24, 2.45) is 0 Å². The van der Waals surface area contributed by atoms with Crippen LogP contribution in [-0.2, 0) is 4.79 Å². The molecule has 0 bridgehead atoms. The van der Waals surface area contributed by atoms with Crippen molar-refractivity contribution in [3.63, 3.8) is 0 Å². The summed E-state index contributed by atoms with van der Waals surface area (Å²) in [5.41, 5.74) is 0. The van der Waals surface area contributed by atoms with E-state index in [4.69, 9.17) is 0 Å². The normalized spacial score (nSPS) is 23.9. The summed E-state index contributed by atoms with van der Waals surface area (Å²) in [5, 5.41) is 3.04. The third kappa shape index (κ3) is 2.11. The van der Waals surface area contributed by atoms with Crippen molar-refractivity contribution in [3.8, 4) is 0 Å². The minimum absolute atomic E-state index is 0.287. The van der Waals surface area contributed by atoms with E-state index in [0.29, 0.717) is 13.1 Å². The quantitative estimate of drug-likeness (QED) is 0.458. The van der Waals surface area contributed by atoms with Crippen LogP contribution < -0.4 is 5.32 Å². The zero-order valence-electron chi connectivity index (χ0n) is 5.68. The fourth-order valence-corrected chi connectivity index (χ4v) is 0.934. The van der Waals surface area contributed by atoms with E-state index in [9.17, 15) is 4.79 Å². The van der Waals surface area contributed by atoms with Crippen molar-refractivity contribution < 1.29 is 4.79 Å². The number of ketones is 1. The Morgan fingerprint density at radius 1 is 1.67 bits per heavy atom. The van der Waals surface area contributed by atoms with Gasteiger partial charge in [-0.1, -0.05) is 0 Å². The van der Waals surface area contributed by atoms with Gasteiger partial charge in [0.05, 0.1) is 13.1 Å². The summed E-state index contributed by atoms with van der Waals surface area (Å²) in [7, 11) is 1.96. The number of nitrogens with one attached hydrogen (secondary N) is 1. The van der Waals surface area contributed by atoms with Crippen LogP contribution in [0.1, 0.15) is 0 Å². The summed E-state index contributed by atoms with van der Waals surface area (Å²) in [6.07, 6.45) is 0. The fourth-order valence-electron chi connectivity index (χ4n) is 0.934. The van der Waals surface area contributed by atoms with Crippen LogP contribution >= 0.6 is 0 Å². The molecule has 1 N–H and O–H groups in total. The van der Waals surface area contributed by atoms with Gasteiger partial charge >= 0.3 is 0 Å². The van der Waals surface area contributed by atoms with Crippen LogP contribution in [0.25, 0.3) is 0 Å². The lowest BCUT2D eigenvalue weighted by Gasteiger charge is -2.09. The highest BCUT2D eigenvalue weighted by Gasteiger charge is 2.09. The number of carbonyl (C=O) groups is 1. The number of carbonyl (C=O) groups excluding carboxylic acids is 1. The number of hydrogen-bond acceptors (Lipinski definition) is 3. The van der Waals surface area contributed by atoms with Gasteiger partial charge in [-0.25, -0.2) is 0 Å². The standard InChI is InChI=1S/C6H12N2O/c1-8-3-2-7-4-6(9)5-8/h7H,2-5H2,1H3. The van der Waals surface area contributed by atoms with Crippen molar-refractivity contribution in [2.75, 3.05) is 33.2 Å². The van der Waals surface area contributed by atoms with Crippen LogP contribution in [0, 0.1) is 0 Å². The van der Waals surface area contributed by atoms with Gasteiger partial charge in [-0.3, -0.25) is 9.69 Å². The van der Waals surface area contributed by atoms with Gasteiger partial charge in [0.15, 0.2) is 5.78 Å². The highest BCUT2D eigenvalue weighted by molar-refractivity contribution is 5.82. The van der Waals surface area contributed by atoms with E-state index in [-0.39, 0.29) is 5.78 Å². The summed E-state index contributed by atoms with van der Waals surface area (Å²) in [5.74, 6) is 0.287. The van der Waals surface area contributed by atoms with Crippen LogP contribution in [-0.4, -0.2) is 43.9 Å². The minimum atomic E-state index is 0.287. The van der Waals surface area contributed by atoms with Crippen LogP contribution in [0.5, 0.6) is 0 Å². The van der Waals surface area contributed by atoms with E-state index in [1.807, 2.05) is 11.9 Å². The Hall–Kier alpha value is -0.410. The highest BCUT2D eigenvalue weighted by Crippen LogP contribution is 1.85. The van der Waals surface area contributed by atoms with Crippen molar-refractivity contribution in [1.29, 1.82) is 0 Å². The van der Waals surface area contributed by atoms with Gasteiger partial charge < -0.3 is 5.32 Å². The lowest BCUT2D eigenvalue weighted by Crippen LogP contribution is -2.25. The molecule has 1 fully saturated rings. The number of rotatable bonds is 0. The topological polar surface area (TPSA) is 32.3 Å². The van der Waals surface area contributed by atoms with Crippen LogP contribution in [0.4, 0.5) is 0 Å². The molecule has 0 unspecified atom stereocenters. The summed E-state index contributed by atoms with van der Waals surface area (Å²) in [6, 6.07) is 0. The largest absolute Gasteiger partial charge is 0.309 e. The fraction of sp³-hybridized carbons (Fsp3) is 0.833. The van der Waals surface area contributed by atoms with E-state index in [1.54, 1.807) is 0 Å². The van der Waals surface area contributed by atoms with Crippen molar-refractivity contribution in [2.45, 2.75) is 0 Å². The van der Waals surface area contributed by atoms with Crippen LogP contribution in [0.15, 0.2) is 0 Å². The van der Waals surface area contributed by atoms with Gasteiger partial charge in [-0.15, -0.1) is 0 Å². The third-order valence-electron chi connectivity index (χ3n) is 1.44. The summed E-state index contributed by atoms with van der Waals surface area (Å²) in [4.78, 5) is 12.8. The molecule has 1 aliphatic heterocycles. The monoisotopic (exact) mass is 128 g/mol. The Balaban J connectivity index is 2.37. The maximum Gasteiger partial charge on any atom is 0.160 e. The molecule has 0 aromatic heterocycles. The molecule has 3 nitrogen and oxygen atoms in total. The van der Waals surface area contributed by atoms with Gasteiger partial charge in [0, 0.05) is 13.1 Å². The summed E-state index contributed by atoms with van der Waals surface area (Å²) in [6.45, 7) is 3.06. The molecule has 52 valence electrons. The second-order valence-electron chi connectivity index (χ2n) is 2.45. The number of Topliss-reactive ketones (excluding diaryl/α,β-unsaturated/α-hetero) is 1. The van der Waals surface area contributed by atoms with E-state index in [1.165, 1.54) is 0 Å². The predicted molar refractivity (Wildman–Crippen MR) is 35.4 cm³/mol. The molecule has 9 heavy (non-hydrogen) atoms. The molecule has 1 heterocycles. The zero-order chi connectivity index (χ0) is 6.69. The lowest BCUT2D eigenvalue weighted by atomic mass is 10.4. The van der Waals surface area contributed by atoms with E-state index >= 15 is 0 Å². The predicted octanol–water partition coefficient (Wildman–Crippen LogP) is -0.909. The molecule has 1 saturated heterocycles. The molecule has 0 spiro atoms. The van der Waals surface area contributed by atoms with Crippen LogP contribution in [0.2, 0.25) is 0 Å². The first-order chi connectivity index (χ1) is 4.29. The summed E-state index contributed by atoms with van der Waals surface area (Å²) < 4.78 is 0. The molecular weight excluding hydrogens is 116 g/mol. The molecule has 1 rings (SSSR count). The average molecular weight is 128 g/mol. The maximum absolute atomic E-state index is 10.8. The number of nitrogens with zero attached hydrogens (tertiary/aromatic N) is 1. The second-order valence-corrected chi connectivity index (χ2v) is 2.45. The molecule has 1 aliphatic rings. The Bertz CT molecular complexity index is 114. The highest BCUT2D eigenvalue weighted by atomic mass is 16.1. The Morgan fingerprint density at radius 3 is 3.22 bits per heavy atom. The Morgan fingerprint density at radius 2 is 2.44 bits per heavy atom. The molecule has 0 aromatic carbocycles. The Labute approximate surface area is 55.0 Å². The Kier molecular flexibility index (Phi) is 2.19. The van der Waals surface area contributed by atoms with E-state index < -0.39 is 0 Å². The first-order valence-electron chi connectivity index (χ1n) is 3.20. The first-order valence-corrected chi connectivity index (χ1v) is 3.20. The molecule has 0 aliphatic carbocycles. The summed E-state index contributed by atoms with van der Waals surface area (Å²) >= 11 is 0. The maximum atomic E-state index is 10.8. The SMILES string of the molecule is CN1CCNCC(=O)C1. The molecule has 0 saturated carbocycles. The van der Waals surface area contributed by atoms with Gasteiger partial charge in [0.25, 0.3) is 0 Å². The van der Waals surface area contributed by atoms with Gasteiger partial charge in [0.2, 0.25) is 0 Å². The molecule has 0 amide bonds. The van der Waals surface area contributed by atoms with E-state index in [0.717, 1.165) is 13.1 Å². The van der Waals surface area contributed by atoms with Gasteiger partial charge in [-0.2, -0.15) is 0 Å². The van der Waals surface area contributed by atoms with Crippen molar-refractivity contribution in [3.05, 3.63) is 0 Å². The smallest absolute Gasteiger partial charge is 0.160 e. The van der Waals surface area contributed by atoms with Gasteiger partial charge in [-0.05, 0) is 7.05 Å². The molecule has 3 heteroatoms. The average Bonchev–Trinajstić information content (AvgIpc) is 1.93. The zero-order valence-corrected chi connectivity index (χ0v) is 5.68. The molecule has 0 atom stereocenters. The lowest BCUT2D eigenvalue weighted by molar-refractivity contribution is -0.118. The van der Waals surface area contributed by atoms with Gasteiger partial charge in [0.1, 0.15) is 0 Å². The molecular formula is C6H12N2O. The number of hydrogen-bond donors (Lipinski definition) is 1. The minimum Gasteiger partial charge on any atom is -0.309 e. The molecule has 0 aromatic rings. The van der Waals surface area contributed by atoms with Crippen molar-refractivity contribution in [1.82, 2.24) is 10.2 Å². The van der Waals surface area contributed by atoms with E-state index in [2.05, 4.69) is 5.32 Å². The second kappa shape index (κ2) is 2.94. The molecule has 0 radical (unpaired) electrons. The number of likely N-dealkylation sites (N-methyl/N-ethyl adjacent to an activating group) is 1. The first kappa shape index (κ1) is 6.71. The van der Waals surface area contributed by atoms with Crippen molar-refractivity contribution >= 4 is 5.78 Å². The third-order valence-corrected chi connectivity index (χ3v) is 1.44. The van der Waals surface area contributed by atoms with Crippen LogP contribution in [0.3, 0.4) is 0 Å².